The summed E-state index contributed by atoms with van der Waals surface area (Å²) in [6.07, 6.45) is 2.40. The van der Waals surface area contributed by atoms with Gasteiger partial charge in [0.2, 0.25) is 5.91 Å². The molecule has 1 N–H and O–H groups in total. The second kappa shape index (κ2) is 6.62. The molecule has 0 radical (unpaired) electrons. The van der Waals surface area contributed by atoms with E-state index in [9.17, 15) is 14.0 Å². The lowest BCUT2D eigenvalue weighted by molar-refractivity contribution is -0.130. The van der Waals surface area contributed by atoms with Crippen molar-refractivity contribution in [2.45, 2.75) is 18.9 Å². The highest BCUT2D eigenvalue weighted by atomic mass is 19.1. The van der Waals surface area contributed by atoms with Crippen molar-refractivity contribution in [3.8, 4) is 6.07 Å². The zero-order valence-corrected chi connectivity index (χ0v) is 12.8. The highest BCUT2D eigenvalue weighted by Gasteiger charge is 2.28. The van der Waals surface area contributed by atoms with E-state index < -0.39 is 17.8 Å². The molecule has 3 rings (SSSR count). The summed E-state index contributed by atoms with van der Waals surface area (Å²) in [5, 5.41) is 11.8. The van der Waals surface area contributed by atoms with Gasteiger partial charge in [-0.1, -0.05) is 18.2 Å². The molecular formula is C17H15FN4O2. The van der Waals surface area contributed by atoms with Gasteiger partial charge in [0.25, 0.3) is 5.91 Å². The van der Waals surface area contributed by atoms with E-state index in [1.54, 1.807) is 24.3 Å². The van der Waals surface area contributed by atoms with Crippen molar-refractivity contribution in [1.82, 2.24) is 15.2 Å². The van der Waals surface area contributed by atoms with Gasteiger partial charge in [-0.15, -0.1) is 0 Å². The Morgan fingerprint density at radius 2 is 2.21 bits per heavy atom. The number of nitrogens with zero attached hydrogens (tertiary/aromatic N) is 3. The fourth-order valence-corrected chi connectivity index (χ4v) is 2.89. The van der Waals surface area contributed by atoms with E-state index in [1.807, 2.05) is 0 Å². The molecule has 1 fully saturated rings. The van der Waals surface area contributed by atoms with Crippen LogP contribution in [0.3, 0.4) is 0 Å². The number of para-hydroxylation sites is 1. The Bertz CT molecular complexity index is 846. The first-order chi connectivity index (χ1) is 11.6. The van der Waals surface area contributed by atoms with E-state index in [-0.39, 0.29) is 18.0 Å². The van der Waals surface area contributed by atoms with Crippen LogP contribution in [0, 0.1) is 17.1 Å². The molecule has 1 aromatic carbocycles. The van der Waals surface area contributed by atoms with E-state index >= 15 is 0 Å². The molecule has 1 aliphatic heterocycles. The molecule has 6 nitrogen and oxygen atoms in total. The Kier molecular flexibility index (Phi) is 4.38. The summed E-state index contributed by atoms with van der Waals surface area (Å²) >= 11 is 0. The lowest BCUT2D eigenvalue weighted by Gasteiger charge is -2.19. The van der Waals surface area contributed by atoms with Gasteiger partial charge < -0.3 is 10.2 Å². The smallest absolute Gasteiger partial charge is 0.255 e. The van der Waals surface area contributed by atoms with Crippen molar-refractivity contribution in [3.05, 3.63) is 41.8 Å². The average Bonchev–Trinajstić information content (AvgIpc) is 3.08. The number of halogens is 1. The number of rotatable bonds is 3. The number of fused-ring (bicyclic) bond motifs is 1. The third-order valence-corrected chi connectivity index (χ3v) is 4.08. The molecule has 0 unspecified atom stereocenters. The Morgan fingerprint density at radius 1 is 1.42 bits per heavy atom. The summed E-state index contributed by atoms with van der Waals surface area (Å²) in [5.41, 5.74) is 0.367. The highest BCUT2D eigenvalue weighted by molar-refractivity contribution is 6.07. The second-order valence-corrected chi connectivity index (χ2v) is 5.56. The van der Waals surface area contributed by atoms with Gasteiger partial charge in [0.1, 0.15) is 6.04 Å². The minimum absolute atomic E-state index is 0.133. The highest BCUT2D eigenvalue weighted by Crippen LogP contribution is 2.19. The molecule has 2 heterocycles. The molecule has 1 aromatic heterocycles. The van der Waals surface area contributed by atoms with Gasteiger partial charge in [-0.05, 0) is 18.9 Å². The monoisotopic (exact) mass is 326 g/mol. The minimum atomic E-state index is -0.741. The summed E-state index contributed by atoms with van der Waals surface area (Å²) in [5.74, 6) is -1.76. The maximum atomic E-state index is 14.1. The summed E-state index contributed by atoms with van der Waals surface area (Å²) in [6.45, 7) is 0.229. The minimum Gasteiger partial charge on any atom is -0.343 e. The summed E-state index contributed by atoms with van der Waals surface area (Å²) in [6, 6.07) is 8.34. The van der Waals surface area contributed by atoms with E-state index in [1.165, 1.54) is 4.90 Å². The molecule has 7 heteroatoms. The maximum absolute atomic E-state index is 14.1. The number of carbonyl (C=O) groups is 2. The van der Waals surface area contributed by atoms with Crippen LogP contribution in [0.2, 0.25) is 0 Å². The average molecular weight is 326 g/mol. The molecule has 122 valence electrons. The van der Waals surface area contributed by atoms with Crippen LogP contribution in [0.4, 0.5) is 4.39 Å². The molecule has 0 saturated carbocycles. The van der Waals surface area contributed by atoms with Crippen molar-refractivity contribution < 1.29 is 14.0 Å². The van der Waals surface area contributed by atoms with Gasteiger partial charge in [-0.3, -0.25) is 14.6 Å². The van der Waals surface area contributed by atoms with Crippen molar-refractivity contribution >= 4 is 22.7 Å². The fourth-order valence-electron chi connectivity index (χ4n) is 2.89. The second-order valence-electron chi connectivity index (χ2n) is 5.56. The number of benzene rings is 1. The molecule has 1 atom stereocenters. The molecule has 0 spiro atoms. The van der Waals surface area contributed by atoms with E-state index in [0.717, 1.165) is 12.6 Å². The van der Waals surface area contributed by atoms with Crippen molar-refractivity contribution in [2.24, 2.45) is 0 Å². The first kappa shape index (κ1) is 15.9. The molecule has 2 amide bonds. The Hall–Kier alpha value is -3.01. The first-order valence-corrected chi connectivity index (χ1v) is 7.62. The molecule has 2 aromatic rings. The van der Waals surface area contributed by atoms with E-state index in [0.29, 0.717) is 23.9 Å². The van der Waals surface area contributed by atoms with Gasteiger partial charge in [0, 0.05) is 11.9 Å². The predicted octanol–water partition coefficient (Wildman–Crippen LogP) is 1.62. The number of hydrogen-bond donors (Lipinski definition) is 1. The number of nitrogens with one attached hydrogen (secondary N) is 1. The van der Waals surface area contributed by atoms with Crippen LogP contribution in [0.5, 0.6) is 0 Å². The number of hydrogen-bond acceptors (Lipinski definition) is 4. The molecule has 1 saturated heterocycles. The first-order valence-electron chi connectivity index (χ1n) is 7.62. The van der Waals surface area contributed by atoms with Crippen LogP contribution in [0.25, 0.3) is 10.9 Å². The maximum Gasteiger partial charge on any atom is 0.255 e. The van der Waals surface area contributed by atoms with Gasteiger partial charge in [0.15, 0.2) is 5.82 Å². The Morgan fingerprint density at radius 3 is 3.00 bits per heavy atom. The molecular weight excluding hydrogens is 311 g/mol. The predicted molar refractivity (Wildman–Crippen MR) is 84.4 cm³/mol. The van der Waals surface area contributed by atoms with Gasteiger partial charge in [0.05, 0.1) is 29.9 Å². The zero-order valence-electron chi connectivity index (χ0n) is 12.8. The normalized spacial score (nSPS) is 16.8. The van der Waals surface area contributed by atoms with Gasteiger partial charge in [-0.2, -0.15) is 5.26 Å². The third kappa shape index (κ3) is 2.91. The number of aromatic nitrogens is 1. The lowest BCUT2D eigenvalue weighted by atomic mass is 10.1. The molecule has 24 heavy (non-hydrogen) atoms. The molecule has 0 aliphatic carbocycles. The topological polar surface area (TPSA) is 86.1 Å². The Labute approximate surface area is 137 Å². The van der Waals surface area contributed by atoms with Crippen LogP contribution in [-0.2, 0) is 4.79 Å². The molecule has 1 aliphatic rings. The third-order valence-electron chi connectivity index (χ3n) is 4.08. The number of amides is 2. The van der Waals surface area contributed by atoms with Crippen molar-refractivity contribution in [1.29, 1.82) is 5.26 Å². The number of carbonyl (C=O) groups excluding carboxylic acids is 2. The van der Waals surface area contributed by atoms with Crippen LogP contribution in [0.1, 0.15) is 23.2 Å². The number of likely N-dealkylation sites (tertiary alicyclic amines) is 1. The SMILES string of the molecule is N#C[C@@H]1CCCN1C(=O)CNC(=O)c1c(F)cnc2ccccc12. The zero-order chi connectivity index (χ0) is 17.1. The van der Waals surface area contributed by atoms with E-state index in [4.69, 9.17) is 5.26 Å². The summed E-state index contributed by atoms with van der Waals surface area (Å²) in [7, 11) is 0. The van der Waals surface area contributed by atoms with Crippen LogP contribution < -0.4 is 5.32 Å². The summed E-state index contributed by atoms with van der Waals surface area (Å²) < 4.78 is 14.1. The summed E-state index contributed by atoms with van der Waals surface area (Å²) in [4.78, 5) is 29.9. The van der Waals surface area contributed by atoms with E-state index in [2.05, 4.69) is 16.4 Å². The quantitative estimate of drug-likeness (QED) is 0.928. The van der Waals surface area contributed by atoms with Crippen LogP contribution in [-0.4, -0.2) is 40.8 Å². The van der Waals surface area contributed by atoms with Gasteiger partial charge >= 0.3 is 0 Å². The van der Waals surface area contributed by atoms with Gasteiger partial charge in [-0.25, -0.2) is 4.39 Å². The lowest BCUT2D eigenvalue weighted by Crippen LogP contribution is -2.42. The Balaban J connectivity index is 1.75. The van der Waals surface area contributed by atoms with Crippen molar-refractivity contribution in [3.63, 3.8) is 0 Å². The van der Waals surface area contributed by atoms with Crippen molar-refractivity contribution in [2.75, 3.05) is 13.1 Å². The fraction of sp³-hybridized carbons (Fsp3) is 0.294. The molecule has 0 bridgehead atoms. The number of pyridine rings is 1. The largest absolute Gasteiger partial charge is 0.343 e. The standard InChI is InChI=1S/C17H15FN4O2/c18-13-9-20-14-6-2-1-5-12(14)16(13)17(24)21-10-15(23)22-7-3-4-11(22)8-19/h1-2,5-6,9,11H,3-4,7,10H2,(H,21,24)/t11-/m0/s1. The number of nitriles is 1. The van der Waals surface area contributed by atoms with Crippen LogP contribution in [0.15, 0.2) is 30.5 Å². The van der Waals surface area contributed by atoms with Crippen LogP contribution >= 0.6 is 0 Å².